The van der Waals surface area contributed by atoms with Gasteiger partial charge in [-0.2, -0.15) is 5.26 Å². The van der Waals surface area contributed by atoms with E-state index >= 15 is 0 Å². The molecule has 66 valence electrons. The fraction of sp³-hybridized carbons (Fsp3) is 0.222. The molecule has 0 spiro atoms. The van der Waals surface area contributed by atoms with E-state index in [2.05, 4.69) is 10.3 Å². The molecule has 13 heavy (non-hydrogen) atoms. The highest BCUT2D eigenvalue weighted by atomic mass is 16.1. The molecule has 0 aliphatic heterocycles. The lowest BCUT2D eigenvalue weighted by molar-refractivity contribution is -0.115. The van der Waals surface area contributed by atoms with Crippen LogP contribution in [0.15, 0.2) is 18.3 Å². The zero-order valence-corrected chi connectivity index (χ0v) is 7.24. The van der Waals surface area contributed by atoms with Crippen LogP contribution in [0.25, 0.3) is 0 Å². The summed E-state index contributed by atoms with van der Waals surface area (Å²) in [7, 11) is 0. The maximum atomic E-state index is 11.0. The van der Waals surface area contributed by atoms with Crippen molar-refractivity contribution in [2.75, 3.05) is 5.32 Å². The molecule has 0 atom stereocenters. The van der Waals surface area contributed by atoms with Crippen LogP contribution in [-0.2, 0) is 4.79 Å². The normalized spacial score (nSPS) is 8.92. The number of nitrogens with one attached hydrogen (secondary N) is 1. The molecule has 0 saturated heterocycles. The van der Waals surface area contributed by atoms with E-state index in [-0.39, 0.29) is 5.91 Å². The summed E-state index contributed by atoms with van der Waals surface area (Å²) in [5.41, 5.74) is 0.910. The van der Waals surface area contributed by atoms with E-state index in [1.165, 1.54) is 12.3 Å². The maximum absolute atomic E-state index is 11.0. The first-order valence-corrected chi connectivity index (χ1v) is 3.92. The fourth-order valence-corrected chi connectivity index (χ4v) is 0.819. The van der Waals surface area contributed by atoms with Gasteiger partial charge in [0.05, 0.1) is 0 Å². The van der Waals surface area contributed by atoms with Gasteiger partial charge < -0.3 is 5.32 Å². The monoisotopic (exact) mass is 175 g/mol. The van der Waals surface area contributed by atoms with Gasteiger partial charge in [-0.15, -0.1) is 0 Å². The molecule has 1 amide bonds. The molecule has 4 heteroatoms. The third-order valence-electron chi connectivity index (χ3n) is 1.48. The van der Waals surface area contributed by atoms with Crippen molar-refractivity contribution in [1.29, 1.82) is 5.26 Å². The second kappa shape index (κ2) is 4.21. The molecule has 1 aromatic rings. The second-order valence-electron chi connectivity index (χ2n) is 2.44. The van der Waals surface area contributed by atoms with Gasteiger partial charge in [0.1, 0.15) is 11.8 Å². The Morgan fingerprint density at radius 3 is 3.15 bits per heavy atom. The molecular formula is C9H9N3O. The van der Waals surface area contributed by atoms with Crippen molar-refractivity contribution in [3.8, 4) is 6.07 Å². The Balaban J connectivity index is 2.79. The topological polar surface area (TPSA) is 65.8 Å². The highest BCUT2D eigenvalue weighted by molar-refractivity contribution is 5.90. The van der Waals surface area contributed by atoms with E-state index in [9.17, 15) is 4.79 Å². The number of nitriles is 1. The van der Waals surface area contributed by atoms with Crippen LogP contribution in [-0.4, -0.2) is 10.9 Å². The van der Waals surface area contributed by atoms with Crippen molar-refractivity contribution in [2.24, 2.45) is 0 Å². The summed E-state index contributed by atoms with van der Waals surface area (Å²) in [5.74, 6) is -0.0740. The molecule has 1 heterocycles. The number of pyridine rings is 1. The number of hydrogen-bond acceptors (Lipinski definition) is 3. The maximum Gasteiger partial charge on any atom is 0.224 e. The number of amides is 1. The van der Waals surface area contributed by atoms with Crippen LogP contribution in [0.1, 0.15) is 19.0 Å². The largest absolute Gasteiger partial charge is 0.326 e. The molecule has 0 unspecified atom stereocenters. The molecule has 0 aromatic carbocycles. The van der Waals surface area contributed by atoms with Crippen LogP contribution in [0, 0.1) is 11.3 Å². The Morgan fingerprint density at radius 1 is 1.77 bits per heavy atom. The first kappa shape index (κ1) is 9.20. The van der Waals surface area contributed by atoms with E-state index in [0.717, 1.165) is 0 Å². The van der Waals surface area contributed by atoms with Crippen LogP contribution in [0.2, 0.25) is 0 Å². The predicted octanol–water partition coefficient (Wildman–Crippen LogP) is 1.30. The van der Waals surface area contributed by atoms with E-state index in [1.54, 1.807) is 13.0 Å². The zero-order chi connectivity index (χ0) is 9.68. The molecule has 0 radical (unpaired) electrons. The minimum atomic E-state index is -0.0740. The van der Waals surface area contributed by atoms with Gasteiger partial charge in [-0.05, 0) is 12.1 Å². The number of carbonyl (C=O) groups is 1. The van der Waals surface area contributed by atoms with Gasteiger partial charge in [0.2, 0.25) is 5.91 Å². The second-order valence-corrected chi connectivity index (χ2v) is 2.44. The number of nitrogens with zero attached hydrogens (tertiary/aromatic N) is 2. The SMILES string of the molecule is CCC(=O)Nc1ccnc(C#N)c1. The Labute approximate surface area is 76.2 Å². The van der Waals surface area contributed by atoms with Crippen molar-refractivity contribution in [2.45, 2.75) is 13.3 Å². The number of aromatic nitrogens is 1. The smallest absolute Gasteiger partial charge is 0.224 e. The summed E-state index contributed by atoms with van der Waals surface area (Å²) in [5, 5.41) is 11.2. The highest BCUT2D eigenvalue weighted by Crippen LogP contribution is 2.07. The molecule has 0 bridgehead atoms. The molecule has 0 aliphatic rings. The van der Waals surface area contributed by atoms with Gasteiger partial charge in [0, 0.05) is 18.3 Å². The van der Waals surface area contributed by atoms with Crippen LogP contribution < -0.4 is 5.32 Å². The summed E-state index contributed by atoms with van der Waals surface area (Å²) in [4.78, 5) is 14.7. The van der Waals surface area contributed by atoms with E-state index in [1.807, 2.05) is 6.07 Å². The Morgan fingerprint density at radius 2 is 2.54 bits per heavy atom. The summed E-state index contributed by atoms with van der Waals surface area (Å²) in [6.07, 6.45) is 1.91. The molecule has 0 saturated carbocycles. The molecular weight excluding hydrogens is 166 g/mol. The van der Waals surface area contributed by atoms with Crippen LogP contribution in [0.5, 0.6) is 0 Å². The first-order chi connectivity index (χ1) is 6.26. The van der Waals surface area contributed by atoms with Crippen molar-refractivity contribution < 1.29 is 4.79 Å². The first-order valence-electron chi connectivity index (χ1n) is 3.92. The molecule has 4 nitrogen and oxygen atoms in total. The van der Waals surface area contributed by atoms with Crippen molar-refractivity contribution in [3.05, 3.63) is 24.0 Å². The standard InChI is InChI=1S/C9H9N3O/c1-2-9(13)12-7-3-4-11-8(5-7)6-10/h3-5H,2H2,1H3,(H,11,12,13). The van der Waals surface area contributed by atoms with E-state index in [4.69, 9.17) is 5.26 Å². The average molecular weight is 175 g/mol. The lowest BCUT2D eigenvalue weighted by Crippen LogP contribution is -2.09. The Bertz CT molecular complexity index is 354. The van der Waals surface area contributed by atoms with Crippen molar-refractivity contribution in [1.82, 2.24) is 4.98 Å². The molecule has 1 N–H and O–H groups in total. The molecule has 0 aliphatic carbocycles. The van der Waals surface area contributed by atoms with Gasteiger partial charge in [-0.1, -0.05) is 6.92 Å². The zero-order valence-electron chi connectivity index (χ0n) is 7.24. The summed E-state index contributed by atoms with van der Waals surface area (Å²) in [6.45, 7) is 1.77. The lowest BCUT2D eigenvalue weighted by atomic mass is 10.3. The van der Waals surface area contributed by atoms with Gasteiger partial charge in [-0.3, -0.25) is 4.79 Å². The third kappa shape index (κ3) is 2.56. The van der Waals surface area contributed by atoms with Crippen LogP contribution in [0.3, 0.4) is 0 Å². The molecule has 1 aromatic heterocycles. The molecule has 0 fully saturated rings. The minimum absolute atomic E-state index is 0.0740. The van der Waals surface area contributed by atoms with Crippen molar-refractivity contribution >= 4 is 11.6 Å². The van der Waals surface area contributed by atoms with E-state index in [0.29, 0.717) is 17.8 Å². The number of carbonyl (C=O) groups excluding carboxylic acids is 1. The summed E-state index contributed by atoms with van der Waals surface area (Å²) >= 11 is 0. The van der Waals surface area contributed by atoms with Gasteiger partial charge in [0.25, 0.3) is 0 Å². The van der Waals surface area contributed by atoms with Crippen LogP contribution in [0.4, 0.5) is 5.69 Å². The Hall–Kier alpha value is -1.89. The van der Waals surface area contributed by atoms with E-state index < -0.39 is 0 Å². The quantitative estimate of drug-likeness (QED) is 0.736. The lowest BCUT2D eigenvalue weighted by Gasteiger charge is -2.01. The fourth-order valence-electron chi connectivity index (χ4n) is 0.819. The average Bonchev–Trinajstić information content (AvgIpc) is 2.18. The van der Waals surface area contributed by atoms with Gasteiger partial charge in [-0.25, -0.2) is 4.98 Å². The molecule has 1 rings (SSSR count). The number of hydrogen-bond donors (Lipinski definition) is 1. The van der Waals surface area contributed by atoms with Crippen LogP contribution >= 0.6 is 0 Å². The highest BCUT2D eigenvalue weighted by Gasteiger charge is 1.99. The number of anilines is 1. The summed E-state index contributed by atoms with van der Waals surface area (Å²) < 4.78 is 0. The predicted molar refractivity (Wildman–Crippen MR) is 47.9 cm³/mol. The number of rotatable bonds is 2. The van der Waals surface area contributed by atoms with Crippen molar-refractivity contribution in [3.63, 3.8) is 0 Å². The third-order valence-corrected chi connectivity index (χ3v) is 1.48. The Kier molecular flexibility index (Phi) is 2.98. The van der Waals surface area contributed by atoms with Gasteiger partial charge >= 0.3 is 0 Å². The summed E-state index contributed by atoms with van der Waals surface area (Å²) in [6, 6.07) is 5.08. The minimum Gasteiger partial charge on any atom is -0.326 e. The van der Waals surface area contributed by atoms with Gasteiger partial charge in [0.15, 0.2) is 0 Å².